The van der Waals surface area contributed by atoms with Crippen LogP contribution < -0.4 is 10.2 Å². The number of benzene rings is 1. The molecule has 0 aromatic heterocycles. The molecule has 1 fully saturated rings. The lowest BCUT2D eigenvalue weighted by atomic mass is 10.2. The standard InChI is InChI=1S/C10H8Br2N2O2/c11-6-2-1-3-7(12)9(6)14-5-4-8(15)13-10(14)16/h1-3H,4-5H2,(H,13,15,16). The van der Waals surface area contributed by atoms with Gasteiger partial charge in [0, 0.05) is 21.9 Å². The van der Waals surface area contributed by atoms with Gasteiger partial charge in [0.15, 0.2) is 0 Å². The molecule has 0 atom stereocenters. The molecule has 0 unspecified atom stereocenters. The van der Waals surface area contributed by atoms with E-state index in [0.29, 0.717) is 13.0 Å². The van der Waals surface area contributed by atoms with E-state index in [4.69, 9.17) is 0 Å². The lowest BCUT2D eigenvalue weighted by Gasteiger charge is -2.28. The highest BCUT2D eigenvalue weighted by Gasteiger charge is 2.26. The van der Waals surface area contributed by atoms with Crippen LogP contribution in [0.25, 0.3) is 0 Å². The van der Waals surface area contributed by atoms with E-state index in [9.17, 15) is 9.59 Å². The summed E-state index contributed by atoms with van der Waals surface area (Å²) >= 11 is 6.78. The fourth-order valence-electron chi connectivity index (χ4n) is 1.52. The summed E-state index contributed by atoms with van der Waals surface area (Å²) in [6.07, 6.45) is 0.319. The van der Waals surface area contributed by atoms with E-state index in [1.807, 2.05) is 18.2 Å². The van der Waals surface area contributed by atoms with Gasteiger partial charge in [-0.2, -0.15) is 0 Å². The number of nitrogens with one attached hydrogen (secondary N) is 1. The first-order valence-corrected chi connectivity index (χ1v) is 6.23. The van der Waals surface area contributed by atoms with Crippen LogP contribution in [0.15, 0.2) is 27.1 Å². The Hall–Kier alpha value is -0.880. The summed E-state index contributed by atoms with van der Waals surface area (Å²) in [5.74, 6) is -0.232. The van der Waals surface area contributed by atoms with Crippen molar-refractivity contribution in [3.8, 4) is 0 Å². The largest absolute Gasteiger partial charge is 0.328 e. The molecule has 3 amide bonds. The quantitative estimate of drug-likeness (QED) is 0.849. The first-order valence-electron chi connectivity index (χ1n) is 4.65. The number of rotatable bonds is 1. The van der Waals surface area contributed by atoms with Crippen molar-refractivity contribution in [2.45, 2.75) is 6.42 Å². The molecule has 1 saturated heterocycles. The van der Waals surface area contributed by atoms with Crippen molar-refractivity contribution in [2.24, 2.45) is 0 Å². The number of para-hydroxylation sites is 1. The summed E-state index contributed by atoms with van der Waals surface area (Å²) in [6, 6.07) is 5.18. The summed E-state index contributed by atoms with van der Waals surface area (Å²) < 4.78 is 1.62. The number of anilines is 1. The fraction of sp³-hybridized carbons (Fsp3) is 0.200. The highest BCUT2D eigenvalue weighted by molar-refractivity contribution is 9.11. The second-order valence-electron chi connectivity index (χ2n) is 3.33. The first-order chi connectivity index (χ1) is 7.59. The Kier molecular flexibility index (Phi) is 3.30. The van der Waals surface area contributed by atoms with Crippen LogP contribution in [0.5, 0.6) is 0 Å². The highest BCUT2D eigenvalue weighted by Crippen LogP contribution is 2.34. The van der Waals surface area contributed by atoms with Crippen molar-refractivity contribution < 1.29 is 9.59 Å². The van der Waals surface area contributed by atoms with Crippen molar-refractivity contribution in [2.75, 3.05) is 11.4 Å². The van der Waals surface area contributed by atoms with Crippen LogP contribution in [0, 0.1) is 0 Å². The Morgan fingerprint density at radius 1 is 1.19 bits per heavy atom. The van der Waals surface area contributed by atoms with Gasteiger partial charge < -0.3 is 0 Å². The molecular formula is C10H8Br2N2O2. The van der Waals surface area contributed by atoms with Crippen LogP contribution in [0.1, 0.15) is 6.42 Å². The van der Waals surface area contributed by atoms with Gasteiger partial charge in [0.2, 0.25) is 5.91 Å². The number of hydrogen-bond donors (Lipinski definition) is 1. The minimum absolute atomic E-state index is 0.232. The molecule has 84 valence electrons. The van der Waals surface area contributed by atoms with E-state index in [0.717, 1.165) is 14.6 Å². The van der Waals surface area contributed by atoms with Crippen LogP contribution in [-0.4, -0.2) is 18.5 Å². The van der Waals surface area contributed by atoms with Crippen LogP contribution >= 0.6 is 31.9 Å². The number of urea groups is 1. The number of hydrogen-bond acceptors (Lipinski definition) is 2. The average Bonchev–Trinajstić information content (AvgIpc) is 2.20. The zero-order chi connectivity index (χ0) is 11.7. The van der Waals surface area contributed by atoms with Gasteiger partial charge in [0.25, 0.3) is 0 Å². The van der Waals surface area contributed by atoms with E-state index in [2.05, 4.69) is 37.2 Å². The van der Waals surface area contributed by atoms with E-state index in [-0.39, 0.29) is 11.9 Å². The first kappa shape index (κ1) is 11.6. The number of nitrogens with zero attached hydrogens (tertiary/aromatic N) is 1. The maximum Gasteiger partial charge on any atom is 0.328 e. The third kappa shape index (κ3) is 2.12. The maximum atomic E-state index is 11.7. The maximum absolute atomic E-state index is 11.7. The van der Waals surface area contributed by atoms with Gasteiger partial charge in [-0.3, -0.25) is 15.0 Å². The normalized spacial score (nSPS) is 16.2. The molecule has 0 radical (unpaired) electrons. The summed E-state index contributed by atoms with van der Waals surface area (Å²) in [7, 11) is 0. The molecule has 6 heteroatoms. The monoisotopic (exact) mass is 346 g/mol. The molecule has 4 nitrogen and oxygen atoms in total. The lowest BCUT2D eigenvalue weighted by Crippen LogP contribution is -2.49. The molecule has 1 aliphatic rings. The lowest BCUT2D eigenvalue weighted by molar-refractivity contribution is -0.120. The zero-order valence-electron chi connectivity index (χ0n) is 8.17. The van der Waals surface area contributed by atoms with Crippen LogP contribution in [0.2, 0.25) is 0 Å². The molecule has 0 bridgehead atoms. The molecule has 0 aliphatic carbocycles. The van der Waals surface area contributed by atoms with Crippen LogP contribution in [-0.2, 0) is 4.79 Å². The number of amides is 3. The van der Waals surface area contributed by atoms with Gasteiger partial charge in [-0.05, 0) is 44.0 Å². The molecule has 1 N–H and O–H groups in total. The molecule has 16 heavy (non-hydrogen) atoms. The van der Waals surface area contributed by atoms with E-state index < -0.39 is 0 Å². The van der Waals surface area contributed by atoms with Gasteiger partial charge in [-0.1, -0.05) is 6.07 Å². The van der Waals surface area contributed by atoms with Gasteiger partial charge in [0.1, 0.15) is 0 Å². The molecule has 0 saturated carbocycles. The van der Waals surface area contributed by atoms with Crippen molar-refractivity contribution in [1.82, 2.24) is 5.32 Å². The number of halogens is 2. The van der Waals surface area contributed by atoms with Crippen molar-refractivity contribution in [1.29, 1.82) is 0 Å². The predicted octanol–water partition coefficient (Wildman–Crippen LogP) is 2.66. The Morgan fingerprint density at radius 2 is 1.81 bits per heavy atom. The van der Waals surface area contributed by atoms with Crippen molar-refractivity contribution >= 4 is 49.5 Å². The van der Waals surface area contributed by atoms with Gasteiger partial charge in [0.05, 0.1) is 5.69 Å². The van der Waals surface area contributed by atoms with E-state index in [1.54, 1.807) is 0 Å². The van der Waals surface area contributed by atoms with Crippen molar-refractivity contribution in [3.05, 3.63) is 27.1 Å². The smallest absolute Gasteiger partial charge is 0.291 e. The summed E-state index contributed by atoms with van der Waals surface area (Å²) in [5, 5.41) is 2.29. The minimum atomic E-state index is -0.385. The van der Waals surface area contributed by atoms with Crippen molar-refractivity contribution in [3.63, 3.8) is 0 Å². The van der Waals surface area contributed by atoms with Crippen LogP contribution in [0.4, 0.5) is 10.5 Å². The molecule has 2 rings (SSSR count). The second kappa shape index (κ2) is 4.55. The fourth-order valence-corrected chi connectivity index (χ4v) is 2.95. The molecule has 0 spiro atoms. The van der Waals surface area contributed by atoms with Gasteiger partial charge in [-0.25, -0.2) is 4.79 Å². The number of imide groups is 1. The molecule has 1 heterocycles. The topological polar surface area (TPSA) is 49.4 Å². The Morgan fingerprint density at radius 3 is 2.38 bits per heavy atom. The van der Waals surface area contributed by atoms with Gasteiger partial charge >= 0.3 is 6.03 Å². The molecule has 1 aliphatic heterocycles. The summed E-state index contributed by atoms with van der Waals surface area (Å²) in [6.45, 7) is 0.395. The number of carbonyl (C=O) groups excluding carboxylic acids is 2. The van der Waals surface area contributed by atoms with Crippen LogP contribution in [0.3, 0.4) is 0 Å². The van der Waals surface area contributed by atoms with Gasteiger partial charge in [-0.15, -0.1) is 0 Å². The minimum Gasteiger partial charge on any atom is -0.291 e. The number of carbonyl (C=O) groups is 2. The molecular weight excluding hydrogens is 340 g/mol. The SMILES string of the molecule is O=C1CCN(c2c(Br)cccc2Br)C(=O)N1. The predicted molar refractivity (Wildman–Crippen MR) is 67.3 cm³/mol. The molecule has 1 aromatic carbocycles. The second-order valence-corrected chi connectivity index (χ2v) is 5.03. The third-order valence-corrected chi connectivity index (χ3v) is 3.54. The van der Waals surface area contributed by atoms with E-state index in [1.165, 1.54) is 4.90 Å². The highest BCUT2D eigenvalue weighted by atomic mass is 79.9. The average molecular weight is 348 g/mol. The van der Waals surface area contributed by atoms with E-state index >= 15 is 0 Å². The molecule has 1 aromatic rings. The Bertz CT molecular complexity index is 442. The summed E-state index contributed by atoms with van der Waals surface area (Å²) in [5.41, 5.74) is 0.743. The zero-order valence-corrected chi connectivity index (χ0v) is 11.3. The Labute approximate surface area is 109 Å². The summed E-state index contributed by atoms with van der Waals surface area (Å²) in [4.78, 5) is 24.2. The Balaban J connectivity index is 2.37. The third-order valence-electron chi connectivity index (χ3n) is 2.26.